The molecule has 1 heterocycles. The van der Waals surface area contributed by atoms with Crippen molar-refractivity contribution in [2.24, 2.45) is 11.8 Å². The fourth-order valence-electron chi connectivity index (χ4n) is 2.35. The fraction of sp³-hybridized carbons (Fsp3) is 0.917. The van der Waals surface area contributed by atoms with Gasteiger partial charge < -0.3 is 0 Å². The summed E-state index contributed by atoms with van der Waals surface area (Å²) in [7, 11) is -3.40. The molecule has 1 saturated heterocycles. The Morgan fingerprint density at radius 1 is 1.35 bits per heavy atom. The topological polar surface area (TPSA) is 61.2 Å². The highest BCUT2D eigenvalue weighted by Crippen LogP contribution is 2.27. The first kappa shape index (κ1) is 14.5. The number of hydrogen-bond donors (Lipinski definition) is 0. The molecule has 0 aromatic heterocycles. The maximum Gasteiger partial charge on any atom is 0.230 e. The second-order valence-electron chi connectivity index (χ2n) is 5.05. The van der Waals surface area contributed by atoms with Crippen molar-refractivity contribution in [3.05, 3.63) is 0 Å². The Bertz CT molecular complexity index is 376. The molecular formula is C12H22N2O2S. The van der Waals surface area contributed by atoms with Crippen LogP contribution in [0.1, 0.15) is 40.0 Å². The Morgan fingerprint density at radius 2 is 1.88 bits per heavy atom. The number of hydrogen-bond acceptors (Lipinski definition) is 3. The van der Waals surface area contributed by atoms with Crippen LogP contribution in [-0.2, 0) is 10.0 Å². The first-order chi connectivity index (χ1) is 7.93. The summed E-state index contributed by atoms with van der Waals surface area (Å²) in [6.45, 7) is 7.25. The summed E-state index contributed by atoms with van der Waals surface area (Å²) in [4.78, 5) is 0. The Labute approximate surface area is 105 Å². The van der Waals surface area contributed by atoms with Crippen LogP contribution < -0.4 is 0 Å². The molecule has 0 saturated carbocycles. The van der Waals surface area contributed by atoms with E-state index < -0.39 is 15.3 Å². The van der Waals surface area contributed by atoms with Crippen LogP contribution in [0.2, 0.25) is 0 Å². The monoisotopic (exact) mass is 258 g/mol. The molecule has 1 atom stereocenters. The molecule has 1 rings (SSSR count). The number of piperidine rings is 1. The van der Waals surface area contributed by atoms with Gasteiger partial charge >= 0.3 is 0 Å². The van der Waals surface area contributed by atoms with Gasteiger partial charge in [0.05, 0.1) is 6.07 Å². The molecule has 1 aliphatic heterocycles. The highest BCUT2D eigenvalue weighted by molar-refractivity contribution is 7.90. The average molecular weight is 258 g/mol. The van der Waals surface area contributed by atoms with Crippen molar-refractivity contribution < 1.29 is 8.42 Å². The van der Waals surface area contributed by atoms with Gasteiger partial charge in [0.25, 0.3) is 0 Å². The summed E-state index contributed by atoms with van der Waals surface area (Å²) in [6, 6.07) is 1.89. The van der Waals surface area contributed by atoms with E-state index in [1.54, 1.807) is 6.92 Å². The molecular weight excluding hydrogens is 236 g/mol. The van der Waals surface area contributed by atoms with Gasteiger partial charge in [-0.1, -0.05) is 20.8 Å². The molecule has 0 aromatic carbocycles. The van der Waals surface area contributed by atoms with Crippen molar-refractivity contribution in [1.29, 1.82) is 5.26 Å². The zero-order chi connectivity index (χ0) is 13.1. The Balaban J connectivity index is 2.69. The molecule has 98 valence electrons. The smallest absolute Gasteiger partial charge is 0.211 e. The molecule has 1 fully saturated rings. The fourth-order valence-corrected chi connectivity index (χ4v) is 3.98. The third kappa shape index (κ3) is 3.20. The third-order valence-corrected chi connectivity index (χ3v) is 5.92. The Kier molecular flexibility index (Phi) is 4.96. The first-order valence-electron chi connectivity index (χ1n) is 6.32. The van der Waals surface area contributed by atoms with E-state index in [9.17, 15) is 8.42 Å². The predicted molar refractivity (Wildman–Crippen MR) is 67.7 cm³/mol. The van der Waals surface area contributed by atoms with Crippen molar-refractivity contribution >= 4 is 10.0 Å². The first-order valence-corrected chi connectivity index (χ1v) is 7.82. The van der Waals surface area contributed by atoms with Gasteiger partial charge in [-0.15, -0.1) is 0 Å². The Morgan fingerprint density at radius 3 is 2.24 bits per heavy atom. The van der Waals surface area contributed by atoms with E-state index in [0.29, 0.717) is 31.3 Å². The van der Waals surface area contributed by atoms with Gasteiger partial charge in [0.2, 0.25) is 10.0 Å². The largest absolute Gasteiger partial charge is 0.230 e. The second kappa shape index (κ2) is 5.83. The molecule has 0 bridgehead atoms. The molecule has 1 unspecified atom stereocenters. The van der Waals surface area contributed by atoms with Crippen molar-refractivity contribution in [3.8, 4) is 6.07 Å². The quantitative estimate of drug-likeness (QED) is 0.774. The number of sulfonamides is 1. The van der Waals surface area contributed by atoms with Crippen molar-refractivity contribution in [1.82, 2.24) is 4.31 Å². The van der Waals surface area contributed by atoms with E-state index in [4.69, 9.17) is 5.26 Å². The van der Waals surface area contributed by atoms with E-state index in [1.807, 2.05) is 6.07 Å². The highest BCUT2D eigenvalue weighted by Gasteiger charge is 2.34. The van der Waals surface area contributed by atoms with Crippen molar-refractivity contribution in [3.63, 3.8) is 0 Å². The molecule has 0 amide bonds. The second-order valence-corrected chi connectivity index (χ2v) is 7.17. The summed E-state index contributed by atoms with van der Waals surface area (Å²) >= 11 is 0. The van der Waals surface area contributed by atoms with E-state index in [0.717, 1.165) is 12.8 Å². The lowest BCUT2D eigenvalue weighted by atomic mass is 9.87. The van der Waals surface area contributed by atoms with E-state index >= 15 is 0 Å². The summed E-state index contributed by atoms with van der Waals surface area (Å²) in [5.41, 5.74) is 0. The van der Waals surface area contributed by atoms with Crippen LogP contribution in [0.5, 0.6) is 0 Å². The molecule has 1 aliphatic rings. The van der Waals surface area contributed by atoms with Crippen molar-refractivity contribution in [2.45, 2.75) is 45.3 Å². The van der Waals surface area contributed by atoms with Crippen LogP contribution in [0.15, 0.2) is 0 Å². The van der Waals surface area contributed by atoms with E-state index in [2.05, 4.69) is 13.8 Å². The molecule has 4 nitrogen and oxygen atoms in total. The molecule has 0 spiro atoms. The van der Waals surface area contributed by atoms with Gasteiger partial charge in [-0.25, -0.2) is 12.7 Å². The number of nitrogens with zero attached hydrogens (tertiary/aromatic N) is 2. The standard InChI is InChI=1S/C12H22N2O2S/c1-4-12(9-13)17(15,16)14-7-5-11(6-8-14)10(2)3/h10-12H,4-8H2,1-3H3. The summed E-state index contributed by atoms with van der Waals surface area (Å²) in [6.07, 6.45) is 2.19. The maximum atomic E-state index is 12.1. The minimum atomic E-state index is -3.40. The van der Waals surface area contributed by atoms with E-state index in [-0.39, 0.29) is 0 Å². The normalized spacial score (nSPS) is 21.4. The Hall–Kier alpha value is -0.600. The van der Waals surface area contributed by atoms with Gasteiger partial charge in [-0.2, -0.15) is 5.26 Å². The molecule has 0 radical (unpaired) electrons. The van der Waals surface area contributed by atoms with Crippen LogP contribution in [0.3, 0.4) is 0 Å². The summed E-state index contributed by atoms with van der Waals surface area (Å²) < 4.78 is 25.8. The van der Waals surface area contributed by atoms with Gasteiger partial charge in [0, 0.05) is 13.1 Å². The predicted octanol–water partition coefficient (Wildman–Crippen LogP) is 1.99. The van der Waals surface area contributed by atoms with Crippen molar-refractivity contribution in [2.75, 3.05) is 13.1 Å². The number of nitriles is 1. The molecule has 0 aromatic rings. The van der Waals surface area contributed by atoms with Crippen LogP contribution >= 0.6 is 0 Å². The third-order valence-electron chi connectivity index (χ3n) is 3.68. The van der Waals surface area contributed by atoms with Gasteiger partial charge in [0.1, 0.15) is 0 Å². The minimum absolute atomic E-state index is 0.364. The van der Waals surface area contributed by atoms with Crippen LogP contribution in [0, 0.1) is 23.2 Å². The minimum Gasteiger partial charge on any atom is -0.211 e. The molecule has 0 N–H and O–H groups in total. The van der Waals surface area contributed by atoms with Crippen LogP contribution in [-0.4, -0.2) is 31.1 Å². The number of rotatable bonds is 4. The lowest BCUT2D eigenvalue weighted by Gasteiger charge is -2.33. The molecule has 0 aliphatic carbocycles. The lowest BCUT2D eigenvalue weighted by Crippen LogP contribution is -2.43. The molecule has 5 heteroatoms. The molecule has 17 heavy (non-hydrogen) atoms. The maximum absolute atomic E-state index is 12.1. The van der Waals surface area contributed by atoms with Crippen LogP contribution in [0.25, 0.3) is 0 Å². The SMILES string of the molecule is CCC(C#N)S(=O)(=O)N1CCC(C(C)C)CC1. The van der Waals surface area contributed by atoms with Gasteiger partial charge in [-0.05, 0) is 31.1 Å². The van der Waals surface area contributed by atoms with Crippen LogP contribution in [0.4, 0.5) is 0 Å². The lowest BCUT2D eigenvalue weighted by molar-refractivity contribution is 0.226. The van der Waals surface area contributed by atoms with Gasteiger partial charge in [0.15, 0.2) is 5.25 Å². The van der Waals surface area contributed by atoms with Gasteiger partial charge in [-0.3, -0.25) is 0 Å². The highest BCUT2D eigenvalue weighted by atomic mass is 32.2. The summed E-state index contributed by atoms with van der Waals surface area (Å²) in [5, 5.41) is 8.00. The zero-order valence-corrected chi connectivity index (χ0v) is 11.7. The van der Waals surface area contributed by atoms with E-state index in [1.165, 1.54) is 4.31 Å². The summed E-state index contributed by atoms with van der Waals surface area (Å²) in [5.74, 6) is 1.22. The zero-order valence-electron chi connectivity index (χ0n) is 10.9. The average Bonchev–Trinajstić information content (AvgIpc) is 2.30.